The fourth-order valence-corrected chi connectivity index (χ4v) is 1.64. The average Bonchev–Trinajstić information content (AvgIpc) is 2.28. The number of carbonyl (C=O) groups excluding carboxylic acids is 1. The van der Waals surface area contributed by atoms with Crippen LogP contribution in [0.3, 0.4) is 0 Å². The Labute approximate surface area is 101 Å². The molecule has 0 fully saturated rings. The molecule has 1 N–H and O–H groups in total. The fraction of sp³-hybridized carbons (Fsp3) is 0.923. The molecule has 96 valence electrons. The predicted octanol–water partition coefficient (Wildman–Crippen LogP) is 2.41. The molecule has 0 aliphatic heterocycles. The van der Waals surface area contributed by atoms with E-state index in [1.807, 2.05) is 6.92 Å². The lowest BCUT2D eigenvalue weighted by Gasteiger charge is -2.21. The highest BCUT2D eigenvalue weighted by atomic mass is 16.1. The number of hydrogen-bond donors (Lipinski definition) is 1. The van der Waals surface area contributed by atoms with Crippen LogP contribution in [0.5, 0.6) is 0 Å². The lowest BCUT2D eigenvalue weighted by Crippen LogP contribution is -2.32. The Kier molecular flexibility index (Phi) is 10.5. The zero-order valence-electron chi connectivity index (χ0n) is 11.2. The monoisotopic (exact) mass is 228 g/mol. The number of nitrogens with zero attached hydrogens (tertiary/aromatic N) is 1. The quantitative estimate of drug-likeness (QED) is 0.623. The van der Waals surface area contributed by atoms with Gasteiger partial charge in [0.15, 0.2) is 0 Å². The third-order valence-electron chi connectivity index (χ3n) is 2.68. The summed E-state index contributed by atoms with van der Waals surface area (Å²) in [4.78, 5) is 13.8. The first-order valence-corrected chi connectivity index (χ1v) is 6.73. The van der Waals surface area contributed by atoms with Gasteiger partial charge in [0.2, 0.25) is 5.91 Å². The molecule has 0 spiro atoms. The summed E-state index contributed by atoms with van der Waals surface area (Å²) in [6, 6.07) is 0. The molecule has 0 aromatic rings. The number of unbranched alkanes of at least 4 members (excludes halogenated alkanes) is 2. The van der Waals surface area contributed by atoms with Crippen LogP contribution in [0.1, 0.15) is 52.9 Å². The van der Waals surface area contributed by atoms with Crippen LogP contribution in [-0.2, 0) is 4.79 Å². The maximum absolute atomic E-state index is 11.4. The average molecular weight is 228 g/mol. The molecule has 3 heteroatoms. The Morgan fingerprint density at radius 1 is 1.00 bits per heavy atom. The zero-order chi connectivity index (χ0) is 12.2. The van der Waals surface area contributed by atoms with Crippen molar-refractivity contribution >= 4 is 5.91 Å². The highest BCUT2D eigenvalue weighted by Crippen LogP contribution is 2.00. The molecule has 0 aromatic heterocycles. The minimum atomic E-state index is 0.181. The number of amides is 1. The first-order chi connectivity index (χ1) is 7.74. The predicted molar refractivity (Wildman–Crippen MR) is 69.6 cm³/mol. The largest absolute Gasteiger partial charge is 0.356 e. The molecule has 0 unspecified atom stereocenters. The molecular formula is C13H28N2O. The lowest BCUT2D eigenvalue weighted by molar-refractivity contribution is -0.121. The van der Waals surface area contributed by atoms with E-state index in [0.29, 0.717) is 6.42 Å². The van der Waals surface area contributed by atoms with Crippen molar-refractivity contribution in [3.8, 4) is 0 Å². The van der Waals surface area contributed by atoms with Gasteiger partial charge in [-0.25, -0.2) is 0 Å². The Morgan fingerprint density at radius 2 is 1.56 bits per heavy atom. The van der Waals surface area contributed by atoms with Crippen molar-refractivity contribution < 1.29 is 4.79 Å². The maximum Gasteiger partial charge on any atom is 0.221 e. The third-order valence-corrected chi connectivity index (χ3v) is 2.68. The van der Waals surface area contributed by atoms with E-state index < -0.39 is 0 Å². The van der Waals surface area contributed by atoms with Crippen LogP contribution in [0.4, 0.5) is 0 Å². The Hall–Kier alpha value is -0.570. The molecule has 0 heterocycles. The molecule has 0 aromatic carbocycles. The molecule has 3 nitrogen and oxygen atoms in total. The summed E-state index contributed by atoms with van der Waals surface area (Å²) in [5.74, 6) is 0.181. The summed E-state index contributed by atoms with van der Waals surface area (Å²) in [5, 5.41) is 2.85. The summed E-state index contributed by atoms with van der Waals surface area (Å²) >= 11 is 0. The van der Waals surface area contributed by atoms with E-state index in [4.69, 9.17) is 0 Å². The standard InChI is InChI=1S/C13H28N2O/c1-4-7-10-15(11-8-5-2)12-9-13(16)14-6-3/h4-12H2,1-3H3,(H,14,16). The maximum atomic E-state index is 11.4. The molecule has 0 aliphatic rings. The van der Waals surface area contributed by atoms with E-state index in [0.717, 1.165) is 26.2 Å². The summed E-state index contributed by atoms with van der Waals surface area (Å²) in [6.45, 7) is 10.3. The molecule has 16 heavy (non-hydrogen) atoms. The second-order valence-corrected chi connectivity index (χ2v) is 4.25. The van der Waals surface area contributed by atoms with E-state index in [1.165, 1.54) is 25.7 Å². The molecule has 0 bridgehead atoms. The third kappa shape index (κ3) is 8.72. The van der Waals surface area contributed by atoms with E-state index in [2.05, 4.69) is 24.1 Å². The Morgan fingerprint density at radius 3 is 2.00 bits per heavy atom. The van der Waals surface area contributed by atoms with E-state index >= 15 is 0 Å². The summed E-state index contributed by atoms with van der Waals surface area (Å²) in [5.41, 5.74) is 0. The van der Waals surface area contributed by atoms with Gasteiger partial charge in [0.05, 0.1) is 0 Å². The van der Waals surface area contributed by atoms with Crippen molar-refractivity contribution in [2.75, 3.05) is 26.2 Å². The number of rotatable bonds is 10. The molecule has 0 aliphatic carbocycles. The van der Waals surface area contributed by atoms with Crippen LogP contribution < -0.4 is 5.32 Å². The van der Waals surface area contributed by atoms with Gasteiger partial charge in [0.25, 0.3) is 0 Å². The van der Waals surface area contributed by atoms with Crippen LogP contribution in [0, 0.1) is 0 Å². The second kappa shape index (κ2) is 10.9. The summed E-state index contributed by atoms with van der Waals surface area (Å²) in [6.07, 6.45) is 5.56. The number of hydrogen-bond acceptors (Lipinski definition) is 2. The molecule has 0 rings (SSSR count). The highest BCUT2D eigenvalue weighted by Gasteiger charge is 2.06. The lowest BCUT2D eigenvalue weighted by atomic mass is 10.2. The first kappa shape index (κ1) is 15.4. The minimum absolute atomic E-state index is 0.181. The first-order valence-electron chi connectivity index (χ1n) is 6.73. The number of carbonyl (C=O) groups is 1. The molecular weight excluding hydrogens is 200 g/mol. The van der Waals surface area contributed by atoms with Crippen LogP contribution in [-0.4, -0.2) is 37.0 Å². The molecule has 0 saturated carbocycles. The van der Waals surface area contributed by atoms with Gasteiger partial charge in [-0.1, -0.05) is 26.7 Å². The van der Waals surface area contributed by atoms with Gasteiger partial charge in [-0.15, -0.1) is 0 Å². The van der Waals surface area contributed by atoms with Crippen molar-refractivity contribution in [2.45, 2.75) is 52.9 Å². The van der Waals surface area contributed by atoms with Gasteiger partial charge in [0, 0.05) is 19.5 Å². The Bertz CT molecular complexity index is 163. The topological polar surface area (TPSA) is 32.3 Å². The fourth-order valence-electron chi connectivity index (χ4n) is 1.64. The smallest absolute Gasteiger partial charge is 0.221 e. The van der Waals surface area contributed by atoms with Gasteiger partial charge in [0.1, 0.15) is 0 Å². The van der Waals surface area contributed by atoms with Gasteiger partial charge in [-0.3, -0.25) is 4.79 Å². The van der Waals surface area contributed by atoms with Crippen LogP contribution in [0.25, 0.3) is 0 Å². The Balaban J connectivity index is 3.75. The highest BCUT2D eigenvalue weighted by molar-refractivity contribution is 5.75. The van der Waals surface area contributed by atoms with Crippen molar-refractivity contribution in [1.82, 2.24) is 10.2 Å². The molecule has 0 radical (unpaired) electrons. The van der Waals surface area contributed by atoms with Gasteiger partial charge in [-0.2, -0.15) is 0 Å². The molecule has 0 saturated heterocycles. The van der Waals surface area contributed by atoms with E-state index in [9.17, 15) is 4.79 Å². The van der Waals surface area contributed by atoms with Crippen molar-refractivity contribution in [3.05, 3.63) is 0 Å². The van der Waals surface area contributed by atoms with Gasteiger partial charge >= 0.3 is 0 Å². The number of nitrogens with one attached hydrogen (secondary N) is 1. The SMILES string of the molecule is CCCCN(CCCC)CCC(=O)NCC. The summed E-state index contributed by atoms with van der Waals surface area (Å²) < 4.78 is 0. The molecule has 1 amide bonds. The second-order valence-electron chi connectivity index (χ2n) is 4.25. The van der Waals surface area contributed by atoms with Crippen LogP contribution in [0.15, 0.2) is 0 Å². The van der Waals surface area contributed by atoms with E-state index in [-0.39, 0.29) is 5.91 Å². The van der Waals surface area contributed by atoms with Gasteiger partial charge < -0.3 is 10.2 Å². The summed E-state index contributed by atoms with van der Waals surface area (Å²) in [7, 11) is 0. The molecule has 0 atom stereocenters. The van der Waals surface area contributed by atoms with E-state index in [1.54, 1.807) is 0 Å². The van der Waals surface area contributed by atoms with Crippen molar-refractivity contribution in [2.24, 2.45) is 0 Å². The van der Waals surface area contributed by atoms with Crippen LogP contribution >= 0.6 is 0 Å². The normalized spacial score (nSPS) is 10.8. The van der Waals surface area contributed by atoms with Crippen molar-refractivity contribution in [1.29, 1.82) is 0 Å². The van der Waals surface area contributed by atoms with Gasteiger partial charge in [-0.05, 0) is 32.9 Å². The minimum Gasteiger partial charge on any atom is -0.356 e. The van der Waals surface area contributed by atoms with Crippen molar-refractivity contribution in [3.63, 3.8) is 0 Å². The zero-order valence-corrected chi connectivity index (χ0v) is 11.2. The van der Waals surface area contributed by atoms with Crippen LogP contribution in [0.2, 0.25) is 0 Å².